The quantitative estimate of drug-likeness (QED) is 0.503. The van der Waals surface area contributed by atoms with Crippen LogP contribution in [-0.4, -0.2) is 50.0 Å². The van der Waals surface area contributed by atoms with Gasteiger partial charge in [0.05, 0.1) is 6.26 Å². The lowest BCUT2D eigenvalue weighted by Crippen LogP contribution is -2.43. The van der Waals surface area contributed by atoms with Crippen LogP contribution in [0.4, 0.5) is 0 Å². The Kier molecular flexibility index (Phi) is 9.73. The van der Waals surface area contributed by atoms with Gasteiger partial charge in [0.1, 0.15) is 12.3 Å². The predicted octanol–water partition coefficient (Wildman–Crippen LogP) is 2.66. The second kappa shape index (κ2) is 11.6. The molecule has 0 radical (unpaired) electrons. The molecule has 25 heavy (non-hydrogen) atoms. The van der Waals surface area contributed by atoms with E-state index >= 15 is 0 Å². The van der Waals surface area contributed by atoms with E-state index in [1.54, 1.807) is 25.3 Å². The number of carbonyl (C=O) groups excluding carboxylic acids is 1. The number of hydrogen-bond donors (Lipinski definition) is 2. The molecule has 1 atom stereocenters. The Labute approximate surface area is 152 Å². The van der Waals surface area contributed by atoms with Gasteiger partial charge in [0.2, 0.25) is 5.91 Å². The Hall–Kier alpha value is -1.98. The molecule has 0 aliphatic heterocycles. The van der Waals surface area contributed by atoms with E-state index < -0.39 is 0 Å². The van der Waals surface area contributed by atoms with E-state index in [1.807, 2.05) is 12.1 Å². The highest BCUT2D eigenvalue weighted by Gasteiger charge is 2.09. The molecule has 1 heterocycles. The third-order valence-electron chi connectivity index (χ3n) is 3.92. The van der Waals surface area contributed by atoms with Crippen LogP contribution in [0.5, 0.6) is 0 Å². The maximum Gasteiger partial charge on any atom is 0.243 e. The molecule has 0 spiro atoms. The van der Waals surface area contributed by atoms with Crippen LogP contribution < -0.4 is 10.6 Å². The maximum atomic E-state index is 11.8. The van der Waals surface area contributed by atoms with Crippen molar-refractivity contribution in [1.82, 2.24) is 15.5 Å². The topological polar surface area (TPSA) is 69.9 Å². The largest absolute Gasteiger partial charge is 0.469 e. The zero-order valence-corrected chi connectivity index (χ0v) is 16.3. The number of carbonyl (C=O) groups is 1. The monoisotopic (exact) mass is 350 g/mol. The lowest BCUT2D eigenvalue weighted by molar-refractivity contribution is -0.127. The second-order valence-electron chi connectivity index (χ2n) is 7.08. The van der Waals surface area contributed by atoms with Gasteiger partial charge in [-0.05, 0) is 31.4 Å². The fraction of sp³-hybridized carbons (Fsp3) is 0.684. The first-order valence-electron chi connectivity index (χ1n) is 9.16. The average molecular weight is 351 g/mol. The molecule has 0 aromatic carbocycles. The molecule has 142 valence electrons. The van der Waals surface area contributed by atoms with Crippen molar-refractivity contribution in [2.24, 2.45) is 10.9 Å². The molecule has 0 aliphatic rings. The minimum Gasteiger partial charge on any atom is -0.469 e. The number of guanidine groups is 1. The first kappa shape index (κ1) is 21.1. The van der Waals surface area contributed by atoms with Gasteiger partial charge >= 0.3 is 0 Å². The molecule has 0 saturated carbocycles. The van der Waals surface area contributed by atoms with Crippen molar-refractivity contribution in [2.75, 3.05) is 27.2 Å². The van der Waals surface area contributed by atoms with Crippen LogP contribution in [0.2, 0.25) is 0 Å². The Balaban J connectivity index is 2.50. The molecule has 0 bridgehead atoms. The van der Waals surface area contributed by atoms with Crippen molar-refractivity contribution >= 4 is 11.9 Å². The van der Waals surface area contributed by atoms with Gasteiger partial charge in [-0.15, -0.1) is 0 Å². The van der Waals surface area contributed by atoms with E-state index in [1.165, 1.54) is 12.8 Å². The minimum absolute atomic E-state index is 0.0143. The molecule has 6 nitrogen and oxygen atoms in total. The van der Waals surface area contributed by atoms with Crippen molar-refractivity contribution in [2.45, 2.75) is 52.5 Å². The van der Waals surface area contributed by atoms with Crippen molar-refractivity contribution < 1.29 is 9.21 Å². The minimum atomic E-state index is -0.0143. The summed E-state index contributed by atoms with van der Waals surface area (Å²) >= 11 is 0. The van der Waals surface area contributed by atoms with Gasteiger partial charge in [-0.1, -0.05) is 26.7 Å². The molecule has 1 aromatic rings. The highest BCUT2D eigenvalue weighted by Crippen LogP contribution is 2.08. The predicted molar refractivity (Wildman–Crippen MR) is 103 cm³/mol. The lowest BCUT2D eigenvalue weighted by Gasteiger charge is -2.19. The fourth-order valence-corrected chi connectivity index (χ4v) is 2.34. The third-order valence-corrected chi connectivity index (χ3v) is 3.92. The van der Waals surface area contributed by atoms with E-state index in [0.29, 0.717) is 18.5 Å². The third kappa shape index (κ3) is 9.79. The van der Waals surface area contributed by atoms with Crippen LogP contribution >= 0.6 is 0 Å². The standard InChI is InChI=1S/C19H34N4O2/c1-15(2)8-6-9-16(3)22-19(21-14-18(24)23(4)5)20-12-11-17-10-7-13-25-17/h7,10,13,15-16H,6,8-9,11-12,14H2,1-5H3,(H2,20,21,22). The van der Waals surface area contributed by atoms with Crippen LogP contribution in [0.1, 0.15) is 45.8 Å². The summed E-state index contributed by atoms with van der Waals surface area (Å²) in [4.78, 5) is 17.8. The second-order valence-corrected chi connectivity index (χ2v) is 7.08. The Morgan fingerprint density at radius 3 is 2.64 bits per heavy atom. The van der Waals surface area contributed by atoms with Crippen LogP contribution in [0.25, 0.3) is 0 Å². The first-order chi connectivity index (χ1) is 11.9. The van der Waals surface area contributed by atoms with Gasteiger partial charge in [0, 0.05) is 33.1 Å². The van der Waals surface area contributed by atoms with Crippen molar-refractivity contribution in [3.8, 4) is 0 Å². The lowest BCUT2D eigenvalue weighted by atomic mass is 10.0. The highest BCUT2D eigenvalue weighted by atomic mass is 16.3. The molecule has 1 rings (SSSR count). The highest BCUT2D eigenvalue weighted by molar-refractivity contribution is 5.84. The maximum absolute atomic E-state index is 11.8. The molecule has 1 aromatic heterocycles. The molecule has 2 N–H and O–H groups in total. The van der Waals surface area contributed by atoms with Crippen LogP contribution in [0.15, 0.2) is 27.8 Å². The normalized spacial score (nSPS) is 13.0. The zero-order chi connectivity index (χ0) is 18.7. The molecular weight excluding hydrogens is 316 g/mol. The molecule has 0 saturated heterocycles. The number of furan rings is 1. The van der Waals surface area contributed by atoms with Gasteiger partial charge in [-0.3, -0.25) is 4.79 Å². The van der Waals surface area contributed by atoms with Gasteiger partial charge in [-0.2, -0.15) is 0 Å². The number of rotatable bonds is 10. The van der Waals surface area contributed by atoms with E-state index in [-0.39, 0.29) is 12.5 Å². The Morgan fingerprint density at radius 2 is 2.04 bits per heavy atom. The van der Waals surface area contributed by atoms with Crippen molar-refractivity contribution in [1.29, 1.82) is 0 Å². The smallest absolute Gasteiger partial charge is 0.243 e. The van der Waals surface area contributed by atoms with Crippen molar-refractivity contribution in [3.63, 3.8) is 0 Å². The van der Waals surface area contributed by atoms with Gasteiger partial charge in [0.15, 0.2) is 5.96 Å². The Bertz CT molecular complexity index is 510. The summed E-state index contributed by atoms with van der Waals surface area (Å²) in [7, 11) is 3.48. The average Bonchev–Trinajstić information content (AvgIpc) is 3.04. The van der Waals surface area contributed by atoms with E-state index in [2.05, 4.69) is 36.4 Å². The van der Waals surface area contributed by atoms with Gasteiger partial charge < -0.3 is 20.0 Å². The number of nitrogens with zero attached hydrogens (tertiary/aromatic N) is 2. The van der Waals surface area contributed by atoms with Crippen LogP contribution in [0, 0.1) is 5.92 Å². The number of likely N-dealkylation sites (N-methyl/N-ethyl adjacent to an activating group) is 1. The molecular formula is C19H34N4O2. The van der Waals surface area contributed by atoms with Gasteiger partial charge in [-0.25, -0.2) is 4.99 Å². The molecule has 1 amide bonds. The summed E-state index contributed by atoms with van der Waals surface area (Å²) in [6, 6.07) is 4.15. The van der Waals surface area contributed by atoms with E-state index in [9.17, 15) is 4.79 Å². The molecule has 0 aliphatic carbocycles. The SMILES string of the molecule is CC(C)CCCC(C)NC(=NCC(=O)N(C)C)NCCc1ccco1. The number of nitrogens with one attached hydrogen (secondary N) is 2. The van der Waals surface area contributed by atoms with E-state index in [0.717, 1.165) is 24.5 Å². The fourth-order valence-electron chi connectivity index (χ4n) is 2.34. The van der Waals surface area contributed by atoms with Gasteiger partial charge in [0.25, 0.3) is 0 Å². The number of hydrogen-bond acceptors (Lipinski definition) is 3. The number of amides is 1. The molecule has 6 heteroatoms. The molecule has 0 fully saturated rings. The zero-order valence-electron chi connectivity index (χ0n) is 16.3. The van der Waals surface area contributed by atoms with E-state index in [4.69, 9.17) is 4.42 Å². The van der Waals surface area contributed by atoms with Crippen LogP contribution in [-0.2, 0) is 11.2 Å². The summed E-state index contributed by atoms with van der Waals surface area (Å²) in [5.41, 5.74) is 0. The summed E-state index contributed by atoms with van der Waals surface area (Å²) in [5.74, 6) is 2.32. The summed E-state index contributed by atoms with van der Waals surface area (Å²) in [6.45, 7) is 7.48. The number of aliphatic imine (C=N–C) groups is 1. The summed E-state index contributed by atoms with van der Waals surface area (Å²) in [5, 5.41) is 6.69. The summed E-state index contributed by atoms with van der Waals surface area (Å²) < 4.78 is 5.34. The van der Waals surface area contributed by atoms with Crippen molar-refractivity contribution in [3.05, 3.63) is 24.2 Å². The van der Waals surface area contributed by atoms with Crippen LogP contribution in [0.3, 0.4) is 0 Å². The Morgan fingerprint density at radius 1 is 1.28 bits per heavy atom. The first-order valence-corrected chi connectivity index (χ1v) is 9.16. The molecule has 1 unspecified atom stereocenters. The summed E-state index contributed by atoms with van der Waals surface area (Å²) in [6.07, 6.45) is 5.94.